The minimum absolute atomic E-state index is 0.00826. The van der Waals surface area contributed by atoms with Gasteiger partial charge >= 0.3 is 0 Å². The number of imidazole rings is 1. The number of carboxylic acids is 1. The van der Waals surface area contributed by atoms with E-state index in [-0.39, 0.29) is 78.8 Å². The van der Waals surface area contributed by atoms with E-state index in [0.717, 1.165) is 0 Å². The number of halogens is 5. The molecule has 0 aliphatic carbocycles. The van der Waals surface area contributed by atoms with Crippen molar-refractivity contribution in [3.8, 4) is 5.88 Å². The number of hydrogen-bond donors (Lipinski definition) is 3. The summed E-state index contributed by atoms with van der Waals surface area (Å²) in [6, 6.07) is 23.9. The van der Waals surface area contributed by atoms with Crippen LogP contribution in [0.4, 0.5) is 39.3 Å². The highest BCUT2D eigenvalue weighted by Crippen LogP contribution is 2.54. The third kappa shape index (κ3) is 7.04. The predicted molar refractivity (Wildman–Crippen MR) is 229 cm³/mol. The highest BCUT2D eigenvalue weighted by molar-refractivity contribution is 7.85. The second-order valence-corrected chi connectivity index (χ2v) is 18.6. The van der Waals surface area contributed by atoms with Gasteiger partial charge in [0.05, 0.1) is 65.7 Å². The number of aromatic nitrogens is 4. The number of nitrogens with zero attached hydrogens (tertiary/aromatic N) is 5. The third-order valence-corrected chi connectivity index (χ3v) is 14.9. The lowest BCUT2D eigenvalue weighted by atomic mass is 9.80. The number of H-pyrrole nitrogens is 1. The highest BCUT2D eigenvalue weighted by atomic mass is 31.2. The summed E-state index contributed by atoms with van der Waals surface area (Å²) in [6.45, 7) is -0.132. The molecule has 19 heteroatoms. The van der Waals surface area contributed by atoms with E-state index in [1.165, 1.54) is 30.6 Å². The molecule has 0 radical (unpaired) electrons. The van der Waals surface area contributed by atoms with Crippen LogP contribution >= 0.6 is 7.14 Å². The second-order valence-electron chi connectivity index (χ2n) is 15.9. The van der Waals surface area contributed by atoms with E-state index in [2.05, 4.69) is 25.3 Å². The van der Waals surface area contributed by atoms with Crippen molar-refractivity contribution in [3.63, 3.8) is 0 Å². The van der Waals surface area contributed by atoms with E-state index in [4.69, 9.17) is 10.5 Å². The standard InChI is InChI=1S/C46H34F5N8O5P/c47-25-17-58(18-25)27-10-12-30-32(14-27)65(63,29-4-2-1-3-5-29)33-15-28(59-19-26(48)20-59)11-13-31(33)34(30)35-36(45(61)62)39(50)40(51)37(38(35)49)43(60)53-16-23-6-8-24(9-7-23)21-64-44-41-42(55-22-54-41)56-46(52)57-44/h1-15,22,25-26H,16-21H2,(H4-,52,53,54,55,56,57,60,61,62). The maximum atomic E-state index is 17.4. The molecule has 4 N–H and O–H groups in total. The van der Waals surface area contributed by atoms with Gasteiger partial charge in [0.2, 0.25) is 19.0 Å². The fraction of sp³-hybridized carbons (Fsp3) is 0.174. The largest absolute Gasteiger partial charge is 0.538 e. The van der Waals surface area contributed by atoms with E-state index in [9.17, 15) is 23.5 Å². The summed E-state index contributed by atoms with van der Waals surface area (Å²) in [6.07, 6.45) is -0.825. The zero-order chi connectivity index (χ0) is 45.3. The Hall–Kier alpha value is -7.46. The number of nitrogens with one attached hydrogen (secondary N) is 2. The van der Waals surface area contributed by atoms with Crippen LogP contribution < -0.4 is 46.6 Å². The SMILES string of the molecule is Nc1nc(OCc2ccc(CNC(=O)c3c(F)c(F)c(C(=O)[O-])c([C+]4c5ccc(N6CC(F)C6)cc5P(=O)(c5ccccc5)c5cc(N6CC(F)C6)ccc54)c3F)cc2)c2nc[nH]c2n1. The van der Waals surface area contributed by atoms with E-state index >= 15 is 17.7 Å². The molecule has 2 aromatic heterocycles. The fourth-order valence-electron chi connectivity index (χ4n) is 8.50. The average molecular weight is 905 g/mol. The van der Waals surface area contributed by atoms with E-state index < -0.39 is 65.5 Å². The van der Waals surface area contributed by atoms with Crippen LogP contribution in [0.3, 0.4) is 0 Å². The van der Waals surface area contributed by atoms with Gasteiger partial charge in [-0.3, -0.25) is 9.36 Å². The number of amides is 1. The molecule has 2 fully saturated rings. The maximum absolute atomic E-state index is 17.4. The highest BCUT2D eigenvalue weighted by Gasteiger charge is 2.51. The van der Waals surface area contributed by atoms with Crippen molar-refractivity contribution in [1.82, 2.24) is 25.3 Å². The molecule has 65 heavy (non-hydrogen) atoms. The Morgan fingerprint density at radius 2 is 1.40 bits per heavy atom. The Morgan fingerprint density at radius 1 is 0.815 bits per heavy atom. The van der Waals surface area contributed by atoms with Crippen molar-refractivity contribution in [2.75, 3.05) is 41.7 Å². The van der Waals surface area contributed by atoms with Crippen molar-refractivity contribution in [3.05, 3.63) is 160 Å². The number of carbonyl (C=O) groups excluding carboxylic acids is 2. The fourth-order valence-corrected chi connectivity index (χ4v) is 11.6. The monoisotopic (exact) mass is 904 g/mol. The van der Waals surface area contributed by atoms with Crippen molar-refractivity contribution < 1.29 is 45.9 Å². The van der Waals surface area contributed by atoms with Gasteiger partial charge in [0.1, 0.15) is 36.0 Å². The van der Waals surface area contributed by atoms with Crippen molar-refractivity contribution >= 4 is 63.4 Å². The lowest BCUT2D eigenvalue weighted by molar-refractivity contribution is -0.255. The molecule has 3 aliphatic heterocycles. The van der Waals surface area contributed by atoms with Gasteiger partial charge in [0.15, 0.2) is 28.6 Å². The summed E-state index contributed by atoms with van der Waals surface area (Å²) in [7, 11) is -4.04. The number of benzene rings is 5. The van der Waals surface area contributed by atoms with Crippen LogP contribution in [-0.2, 0) is 17.7 Å². The lowest BCUT2D eigenvalue weighted by Crippen LogP contribution is -2.49. The second kappa shape index (κ2) is 16.0. The maximum Gasteiger partial charge on any atom is 0.263 e. The van der Waals surface area contributed by atoms with Crippen LogP contribution in [-0.4, -0.2) is 70.3 Å². The summed E-state index contributed by atoms with van der Waals surface area (Å²) < 4.78 is 100.0. The molecule has 328 valence electrons. The molecule has 1 amide bonds. The van der Waals surface area contributed by atoms with Crippen LogP contribution in [0, 0.1) is 23.4 Å². The van der Waals surface area contributed by atoms with E-state index in [0.29, 0.717) is 39.0 Å². The Balaban J connectivity index is 1.04. The van der Waals surface area contributed by atoms with Gasteiger partial charge in [0.25, 0.3) is 5.91 Å². The van der Waals surface area contributed by atoms with Gasteiger partial charge in [-0.15, -0.1) is 0 Å². The molecule has 10 rings (SSSR count). The minimum Gasteiger partial charge on any atom is -0.538 e. The van der Waals surface area contributed by atoms with Gasteiger partial charge in [-0.25, -0.2) is 18.2 Å². The first-order valence-electron chi connectivity index (χ1n) is 20.3. The molecule has 7 aromatic rings. The number of hydrogen-bond acceptors (Lipinski definition) is 11. The number of rotatable bonds is 11. The molecular formula is C46H34F5N8O5P. The molecule has 0 bridgehead atoms. The van der Waals surface area contributed by atoms with Gasteiger partial charge in [0, 0.05) is 23.2 Å². The molecule has 2 saturated heterocycles. The number of alkyl halides is 2. The number of ether oxygens (including phenoxy) is 1. The Bertz CT molecular complexity index is 3040. The Kier molecular flexibility index (Phi) is 10.2. The molecule has 0 unspecified atom stereocenters. The molecular weight excluding hydrogens is 871 g/mol. The summed E-state index contributed by atoms with van der Waals surface area (Å²) in [5.41, 5.74) is 4.61. The first-order chi connectivity index (χ1) is 31.3. The number of aromatic carboxylic acids is 1. The number of nitrogen functional groups attached to an aromatic ring is 1. The van der Waals surface area contributed by atoms with Crippen molar-refractivity contribution in [2.45, 2.75) is 25.5 Å². The molecule has 5 heterocycles. The summed E-state index contributed by atoms with van der Waals surface area (Å²) in [5.74, 6) is -9.72. The smallest absolute Gasteiger partial charge is 0.263 e. The van der Waals surface area contributed by atoms with Crippen LogP contribution in [0.5, 0.6) is 5.88 Å². The molecule has 0 saturated carbocycles. The molecule has 3 aliphatic rings. The van der Waals surface area contributed by atoms with Crippen LogP contribution in [0.2, 0.25) is 0 Å². The first kappa shape index (κ1) is 41.5. The Labute approximate surface area is 366 Å². The van der Waals surface area contributed by atoms with Crippen molar-refractivity contribution in [2.24, 2.45) is 0 Å². The quantitative estimate of drug-likeness (QED) is 0.0719. The molecule has 13 nitrogen and oxygen atoms in total. The van der Waals surface area contributed by atoms with Crippen LogP contribution in [0.1, 0.15) is 48.5 Å². The predicted octanol–water partition coefficient (Wildman–Crippen LogP) is 4.51. The van der Waals surface area contributed by atoms with Gasteiger partial charge < -0.3 is 40.5 Å². The number of carboxylic acid groups (broad SMARTS) is 1. The van der Waals surface area contributed by atoms with Gasteiger partial charge in [-0.05, 0) is 59.7 Å². The molecule has 5 aromatic carbocycles. The normalized spacial score (nSPS) is 15.6. The van der Waals surface area contributed by atoms with E-state index in [1.807, 2.05) is 0 Å². The third-order valence-electron chi connectivity index (χ3n) is 11.8. The topological polar surface area (TPSA) is 182 Å². The first-order valence-corrected chi connectivity index (χ1v) is 22.0. The average Bonchev–Trinajstić information content (AvgIpc) is 3.76. The van der Waals surface area contributed by atoms with Crippen LogP contribution in [0.15, 0.2) is 97.3 Å². The number of nitrogens with two attached hydrogens (primary N) is 1. The number of aromatic amines is 1. The zero-order valence-corrected chi connectivity index (χ0v) is 34.7. The summed E-state index contributed by atoms with van der Waals surface area (Å²) >= 11 is 0. The minimum atomic E-state index is -4.04. The number of carbonyl (C=O) groups is 2. The van der Waals surface area contributed by atoms with Crippen LogP contribution in [0.25, 0.3) is 11.2 Å². The zero-order valence-electron chi connectivity index (χ0n) is 33.8. The van der Waals surface area contributed by atoms with Gasteiger partial charge in [-0.2, -0.15) is 18.7 Å². The van der Waals surface area contributed by atoms with Gasteiger partial charge in [-0.1, -0.05) is 42.5 Å². The summed E-state index contributed by atoms with van der Waals surface area (Å²) in [5, 5.41) is 15.7. The Morgan fingerprint density at radius 3 is 1.98 bits per heavy atom. The number of fused-ring (bicyclic) bond motifs is 3. The molecule has 0 spiro atoms. The number of anilines is 3. The lowest BCUT2D eigenvalue weighted by Gasteiger charge is -2.39. The molecule has 0 atom stereocenters. The summed E-state index contributed by atoms with van der Waals surface area (Å²) in [4.78, 5) is 45.1. The van der Waals surface area contributed by atoms with E-state index in [1.54, 1.807) is 76.5 Å². The van der Waals surface area contributed by atoms with Crippen molar-refractivity contribution in [1.29, 1.82) is 0 Å².